The van der Waals surface area contributed by atoms with Crippen LogP contribution in [0.25, 0.3) is 0 Å². The minimum Gasteiger partial charge on any atom is -0.304 e. The van der Waals surface area contributed by atoms with Gasteiger partial charge in [0.15, 0.2) is 0 Å². The fourth-order valence-corrected chi connectivity index (χ4v) is 2.42. The number of hydrogen-bond acceptors (Lipinski definition) is 4. The summed E-state index contributed by atoms with van der Waals surface area (Å²) in [5.41, 5.74) is 0. The third-order valence-corrected chi connectivity index (χ3v) is 3.91. The van der Waals surface area contributed by atoms with Gasteiger partial charge in [0.05, 0.1) is 12.2 Å². The van der Waals surface area contributed by atoms with Crippen molar-refractivity contribution < 1.29 is 8.42 Å². The van der Waals surface area contributed by atoms with Crippen LogP contribution in [0, 0.1) is 0 Å². The van der Waals surface area contributed by atoms with E-state index in [-0.39, 0.29) is 10.9 Å². The molecule has 0 aromatic carbocycles. The summed E-state index contributed by atoms with van der Waals surface area (Å²) in [6.45, 7) is 1.90. The first-order valence-corrected chi connectivity index (χ1v) is 6.95. The van der Waals surface area contributed by atoms with Gasteiger partial charge < -0.3 is 4.90 Å². The number of halogens is 1. The summed E-state index contributed by atoms with van der Waals surface area (Å²) in [6, 6.07) is 0.252. The molecular weight excluding hydrogens is 238 g/mol. The molecule has 1 aliphatic rings. The van der Waals surface area contributed by atoms with E-state index in [1.807, 2.05) is 7.05 Å². The van der Waals surface area contributed by atoms with Crippen molar-refractivity contribution in [2.75, 3.05) is 20.1 Å². The van der Waals surface area contributed by atoms with Gasteiger partial charge in [0.2, 0.25) is 0 Å². The van der Waals surface area contributed by atoms with E-state index in [4.69, 9.17) is 10.7 Å². The van der Waals surface area contributed by atoms with Gasteiger partial charge in [-0.3, -0.25) is 4.68 Å². The normalized spacial score (nSPS) is 23.5. The molecule has 1 fully saturated rings. The van der Waals surface area contributed by atoms with Crippen molar-refractivity contribution in [3.05, 3.63) is 12.4 Å². The minimum absolute atomic E-state index is 0.0683. The predicted octanol–water partition coefficient (Wildman–Crippen LogP) is 0.687. The van der Waals surface area contributed by atoms with E-state index in [0.717, 1.165) is 19.5 Å². The van der Waals surface area contributed by atoms with E-state index in [9.17, 15) is 8.42 Å². The molecule has 1 aromatic rings. The molecule has 1 aliphatic heterocycles. The number of likely N-dealkylation sites (tertiary alicyclic amines) is 1. The van der Waals surface area contributed by atoms with E-state index < -0.39 is 9.05 Å². The van der Waals surface area contributed by atoms with Crippen molar-refractivity contribution in [1.82, 2.24) is 14.7 Å². The Morgan fingerprint density at radius 2 is 2.33 bits per heavy atom. The number of nitrogens with zero attached hydrogens (tertiary/aromatic N) is 3. The smallest absolute Gasteiger partial charge is 0.264 e. The Hall–Kier alpha value is -0.590. The van der Waals surface area contributed by atoms with Crippen LogP contribution in [0.3, 0.4) is 0 Å². The second kappa shape index (κ2) is 3.77. The van der Waals surface area contributed by atoms with Crippen molar-refractivity contribution in [3.8, 4) is 0 Å². The van der Waals surface area contributed by atoms with Gasteiger partial charge in [-0.15, -0.1) is 0 Å². The molecule has 2 rings (SSSR count). The summed E-state index contributed by atoms with van der Waals surface area (Å²) in [6.07, 6.45) is 3.77. The Balaban J connectivity index is 2.21. The van der Waals surface area contributed by atoms with Crippen LogP contribution in [-0.4, -0.2) is 43.2 Å². The molecular formula is C8H12ClN3O2S. The average Bonchev–Trinajstić information content (AvgIpc) is 2.69. The molecule has 1 atom stereocenters. The Labute approximate surface area is 93.0 Å². The van der Waals surface area contributed by atoms with E-state index in [1.165, 1.54) is 12.4 Å². The SMILES string of the molecule is CN1CCC(n2cc(S(=O)(=O)Cl)cn2)C1. The molecule has 7 heteroatoms. The van der Waals surface area contributed by atoms with Crippen molar-refractivity contribution in [3.63, 3.8) is 0 Å². The summed E-state index contributed by atoms with van der Waals surface area (Å²) in [5, 5.41) is 4.03. The highest BCUT2D eigenvalue weighted by Crippen LogP contribution is 2.21. The number of aromatic nitrogens is 2. The Morgan fingerprint density at radius 1 is 1.60 bits per heavy atom. The quantitative estimate of drug-likeness (QED) is 0.724. The van der Waals surface area contributed by atoms with Crippen LogP contribution in [0.15, 0.2) is 17.3 Å². The lowest BCUT2D eigenvalue weighted by Crippen LogP contribution is -2.16. The molecule has 0 bridgehead atoms. The van der Waals surface area contributed by atoms with Crippen molar-refractivity contribution in [1.29, 1.82) is 0 Å². The highest BCUT2D eigenvalue weighted by atomic mass is 35.7. The molecule has 1 saturated heterocycles. The van der Waals surface area contributed by atoms with Gasteiger partial charge in [0.1, 0.15) is 4.90 Å². The zero-order valence-electron chi connectivity index (χ0n) is 8.30. The van der Waals surface area contributed by atoms with Gasteiger partial charge in [-0.2, -0.15) is 5.10 Å². The lowest BCUT2D eigenvalue weighted by Gasteiger charge is -2.10. The molecule has 5 nitrogen and oxygen atoms in total. The molecule has 1 unspecified atom stereocenters. The van der Waals surface area contributed by atoms with Crippen LogP contribution in [0.1, 0.15) is 12.5 Å². The molecule has 0 radical (unpaired) electrons. The number of hydrogen-bond donors (Lipinski definition) is 0. The fourth-order valence-electron chi connectivity index (χ4n) is 1.77. The third-order valence-electron chi connectivity index (χ3n) is 2.60. The zero-order valence-corrected chi connectivity index (χ0v) is 9.87. The van der Waals surface area contributed by atoms with Gasteiger partial charge in [-0.05, 0) is 20.0 Å². The topological polar surface area (TPSA) is 55.2 Å². The Kier molecular flexibility index (Phi) is 2.74. The molecule has 0 saturated carbocycles. The Bertz CT molecular complexity index is 456. The van der Waals surface area contributed by atoms with Crippen LogP contribution >= 0.6 is 10.7 Å². The first-order chi connectivity index (χ1) is 6.97. The fraction of sp³-hybridized carbons (Fsp3) is 0.625. The Morgan fingerprint density at radius 3 is 2.80 bits per heavy atom. The van der Waals surface area contributed by atoms with Crippen molar-refractivity contribution in [2.45, 2.75) is 17.4 Å². The number of likely N-dealkylation sites (N-methyl/N-ethyl adjacent to an activating group) is 1. The molecule has 0 aliphatic carbocycles. The van der Waals surface area contributed by atoms with Gasteiger partial charge in [0, 0.05) is 23.4 Å². The molecule has 0 N–H and O–H groups in total. The molecule has 0 amide bonds. The maximum absolute atomic E-state index is 11.0. The molecule has 15 heavy (non-hydrogen) atoms. The predicted molar refractivity (Wildman–Crippen MR) is 56.4 cm³/mol. The third kappa shape index (κ3) is 2.32. The molecule has 1 aromatic heterocycles. The first-order valence-electron chi connectivity index (χ1n) is 4.64. The van der Waals surface area contributed by atoms with Crippen molar-refractivity contribution in [2.24, 2.45) is 0 Å². The number of rotatable bonds is 2. The summed E-state index contributed by atoms with van der Waals surface area (Å²) >= 11 is 0. The summed E-state index contributed by atoms with van der Waals surface area (Å²) in [4.78, 5) is 2.25. The highest BCUT2D eigenvalue weighted by Gasteiger charge is 2.23. The van der Waals surface area contributed by atoms with Crippen LogP contribution < -0.4 is 0 Å². The van der Waals surface area contributed by atoms with Crippen molar-refractivity contribution >= 4 is 19.7 Å². The zero-order chi connectivity index (χ0) is 11.1. The molecule has 0 spiro atoms. The van der Waals surface area contributed by atoms with Gasteiger partial charge in [0.25, 0.3) is 9.05 Å². The van der Waals surface area contributed by atoms with Crippen LogP contribution in [0.4, 0.5) is 0 Å². The minimum atomic E-state index is -3.65. The van der Waals surface area contributed by atoms with Gasteiger partial charge in [-0.25, -0.2) is 8.42 Å². The van der Waals surface area contributed by atoms with Crippen LogP contribution in [0.5, 0.6) is 0 Å². The largest absolute Gasteiger partial charge is 0.304 e. The summed E-state index contributed by atoms with van der Waals surface area (Å²) < 4.78 is 23.7. The summed E-state index contributed by atoms with van der Waals surface area (Å²) in [5.74, 6) is 0. The second-order valence-corrected chi connectivity index (χ2v) is 6.36. The van der Waals surface area contributed by atoms with Crippen LogP contribution in [-0.2, 0) is 9.05 Å². The molecule has 84 valence electrons. The van der Waals surface area contributed by atoms with E-state index in [0.29, 0.717) is 0 Å². The maximum atomic E-state index is 11.0. The lowest BCUT2D eigenvalue weighted by atomic mass is 10.3. The van der Waals surface area contributed by atoms with E-state index in [1.54, 1.807) is 4.68 Å². The van der Waals surface area contributed by atoms with E-state index in [2.05, 4.69) is 10.00 Å². The van der Waals surface area contributed by atoms with Crippen LogP contribution in [0.2, 0.25) is 0 Å². The van der Waals surface area contributed by atoms with Gasteiger partial charge in [-0.1, -0.05) is 0 Å². The summed E-state index contributed by atoms with van der Waals surface area (Å²) in [7, 11) is 3.60. The maximum Gasteiger partial charge on any atom is 0.264 e. The average molecular weight is 250 g/mol. The van der Waals surface area contributed by atoms with Gasteiger partial charge >= 0.3 is 0 Å². The standard InChI is InChI=1S/C8H12ClN3O2S/c1-11-3-2-7(5-11)12-6-8(4-10-12)15(9,13)14/h4,6-7H,2-3,5H2,1H3. The molecule has 2 heterocycles. The highest BCUT2D eigenvalue weighted by molar-refractivity contribution is 8.13. The second-order valence-electron chi connectivity index (χ2n) is 3.80. The monoisotopic (exact) mass is 249 g/mol. The lowest BCUT2D eigenvalue weighted by molar-refractivity contribution is 0.382. The first kappa shape index (κ1) is 10.9. The van der Waals surface area contributed by atoms with E-state index >= 15 is 0 Å².